The predicted octanol–water partition coefficient (Wildman–Crippen LogP) is 0.771. The molecular formula is C13H16ClN7. The topological polar surface area (TPSA) is 84.9 Å². The molecule has 3 rings (SSSR count). The van der Waals surface area contributed by atoms with Crippen molar-refractivity contribution in [2.75, 3.05) is 38.1 Å². The number of nitrogens with one attached hydrogen (secondary N) is 2. The molecule has 0 aromatic carbocycles. The van der Waals surface area contributed by atoms with E-state index in [2.05, 4.69) is 26.8 Å². The lowest BCUT2D eigenvalue weighted by Crippen LogP contribution is -2.47. The van der Waals surface area contributed by atoms with Gasteiger partial charge in [0.1, 0.15) is 0 Å². The van der Waals surface area contributed by atoms with Crippen LogP contribution in [0, 0.1) is 10.8 Å². The maximum Gasteiger partial charge on any atom is 0.178 e. The Labute approximate surface area is 126 Å². The third-order valence-electron chi connectivity index (χ3n) is 3.67. The molecule has 110 valence electrons. The fourth-order valence-electron chi connectivity index (χ4n) is 2.44. The molecule has 7 nitrogen and oxygen atoms in total. The fourth-order valence-corrected chi connectivity index (χ4v) is 2.59. The van der Waals surface area contributed by atoms with E-state index in [1.165, 1.54) is 10.8 Å². The average molecular weight is 306 g/mol. The number of nitrogens with zero attached hydrogens (tertiary/aromatic N) is 5. The summed E-state index contributed by atoms with van der Waals surface area (Å²) in [5.41, 5.74) is 1.25. The molecule has 0 atom stereocenters. The first-order valence-corrected chi connectivity index (χ1v) is 7.04. The second-order valence-electron chi connectivity index (χ2n) is 5.07. The van der Waals surface area contributed by atoms with Crippen LogP contribution in [0.5, 0.6) is 0 Å². The zero-order valence-corrected chi connectivity index (χ0v) is 12.4. The molecule has 1 saturated heterocycles. The van der Waals surface area contributed by atoms with E-state index >= 15 is 0 Å². The molecule has 8 heteroatoms. The van der Waals surface area contributed by atoms with Gasteiger partial charge in [-0.3, -0.25) is 15.4 Å². The summed E-state index contributed by atoms with van der Waals surface area (Å²) in [7, 11) is 2.08. The lowest BCUT2D eigenvalue weighted by atomic mass is 10.3. The predicted molar refractivity (Wildman–Crippen MR) is 82.3 cm³/mol. The van der Waals surface area contributed by atoms with Crippen LogP contribution >= 0.6 is 11.6 Å². The Kier molecular flexibility index (Phi) is 3.60. The highest BCUT2D eigenvalue weighted by atomic mass is 35.5. The van der Waals surface area contributed by atoms with Crippen LogP contribution in [0.3, 0.4) is 0 Å². The van der Waals surface area contributed by atoms with Gasteiger partial charge in [0.15, 0.2) is 17.0 Å². The smallest absolute Gasteiger partial charge is 0.178 e. The number of anilines is 1. The molecule has 0 aliphatic carbocycles. The number of rotatable bonds is 2. The zero-order valence-electron chi connectivity index (χ0n) is 11.7. The molecule has 1 fully saturated rings. The van der Waals surface area contributed by atoms with Gasteiger partial charge in [0.2, 0.25) is 0 Å². The van der Waals surface area contributed by atoms with Crippen molar-refractivity contribution in [3.63, 3.8) is 0 Å². The van der Waals surface area contributed by atoms with E-state index in [0.29, 0.717) is 22.0 Å². The second-order valence-corrected chi connectivity index (χ2v) is 5.51. The van der Waals surface area contributed by atoms with Crippen molar-refractivity contribution < 1.29 is 0 Å². The van der Waals surface area contributed by atoms with Crippen LogP contribution in [0.25, 0.3) is 11.2 Å². The Morgan fingerprint density at radius 3 is 2.67 bits per heavy atom. The first-order valence-electron chi connectivity index (χ1n) is 6.66. The van der Waals surface area contributed by atoms with E-state index in [1.807, 2.05) is 0 Å². The van der Waals surface area contributed by atoms with Gasteiger partial charge in [-0.05, 0) is 13.1 Å². The van der Waals surface area contributed by atoms with Crippen LogP contribution in [-0.2, 0) is 0 Å². The minimum absolute atomic E-state index is 0.186. The summed E-state index contributed by atoms with van der Waals surface area (Å²) in [6.07, 6.45) is 2.63. The largest absolute Gasteiger partial charge is 0.351 e. The van der Waals surface area contributed by atoms with Crippen LogP contribution < -0.4 is 10.4 Å². The molecule has 0 saturated carbocycles. The van der Waals surface area contributed by atoms with Crippen molar-refractivity contribution in [2.24, 2.45) is 0 Å². The number of piperazine rings is 1. The molecule has 1 aliphatic rings. The number of aromatic nitrogens is 3. The summed E-state index contributed by atoms with van der Waals surface area (Å²) < 4.78 is 1.45. The maximum atomic E-state index is 8.31. The van der Waals surface area contributed by atoms with Gasteiger partial charge in [-0.25, -0.2) is 9.97 Å². The van der Waals surface area contributed by atoms with E-state index in [9.17, 15) is 0 Å². The summed E-state index contributed by atoms with van der Waals surface area (Å²) in [5.74, 6) is 0.564. The summed E-state index contributed by atoms with van der Waals surface area (Å²) in [4.78, 5) is 13.0. The molecule has 2 aromatic heterocycles. The first kappa shape index (κ1) is 14.0. The van der Waals surface area contributed by atoms with E-state index < -0.39 is 0 Å². The first-order chi connectivity index (χ1) is 10.1. The van der Waals surface area contributed by atoms with Gasteiger partial charge in [-0.15, -0.1) is 0 Å². The molecule has 0 spiro atoms. The van der Waals surface area contributed by atoms with Crippen molar-refractivity contribution in [1.82, 2.24) is 19.4 Å². The zero-order chi connectivity index (χ0) is 15.0. The lowest BCUT2D eigenvalue weighted by Gasteiger charge is -2.33. The van der Waals surface area contributed by atoms with Crippen LogP contribution in [0.15, 0.2) is 12.3 Å². The van der Waals surface area contributed by atoms with Gasteiger partial charge < -0.3 is 9.80 Å². The maximum absolute atomic E-state index is 8.31. The van der Waals surface area contributed by atoms with Crippen molar-refractivity contribution >= 4 is 34.9 Å². The van der Waals surface area contributed by atoms with E-state index in [0.717, 1.165) is 32.5 Å². The number of fused-ring (bicyclic) bond motifs is 1. The minimum Gasteiger partial charge on any atom is -0.351 e. The highest BCUT2D eigenvalue weighted by Gasteiger charge is 2.19. The van der Waals surface area contributed by atoms with Gasteiger partial charge >= 0.3 is 0 Å². The normalized spacial score (nSPS) is 16.4. The van der Waals surface area contributed by atoms with Crippen LogP contribution in [0.2, 0.25) is 5.02 Å². The third-order valence-corrected chi connectivity index (χ3v) is 3.88. The Morgan fingerprint density at radius 2 is 2.00 bits per heavy atom. The molecule has 3 heterocycles. The van der Waals surface area contributed by atoms with Crippen LogP contribution in [0.4, 0.5) is 5.82 Å². The number of likely N-dealkylation sites (N-methyl/N-ethyl adjacent to an activating group) is 1. The third kappa shape index (κ3) is 2.50. The molecular weight excluding hydrogens is 290 g/mol. The van der Waals surface area contributed by atoms with Crippen LogP contribution in [0.1, 0.15) is 0 Å². The number of hydrogen-bond donors (Lipinski definition) is 2. The quantitative estimate of drug-likeness (QED) is 0.634. The second kappa shape index (κ2) is 5.42. The van der Waals surface area contributed by atoms with Crippen molar-refractivity contribution in [3.05, 3.63) is 22.8 Å². The summed E-state index contributed by atoms with van der Waals surface area (Å²) in [6.45, 7) is 3.48. The monoisotopic (exact) mass is 305 g/mol. The molecule has 2 N–H and O–H groups in total. The van der Waals surface area contributed by atoms with Crippen molar-refractivity contribution in [1.29, 1.82) is 10.8 Å². The van der Waals surface area contributed by atoms with E-state index in [1.54, 1.807) is 6.07 Å². The molecule has 1 aliphatic heterocycles. The van der Waals surface area contributed by atoms with Crippen LogP contribution in [-0.4, -0.2) is 59.0 Å². The number of pyridine rings is 1. The highest BCUT2D eigenvalue weighted by molar-refractivity contribution is 6.31. The number of halogens is 1. The molecule has 0 amide bonds. The Bertz CT molecular complexity index is 746. The molecule has 0 bridgehead atoms. The Hall–Kier alpha value is -1.99. The van der Waals surface area contributed by atoms with Gasteiger partial charge in [-0.2, -0.15) is 0 Å². The molecule has 0 radical (unpaired) electrons. The minimum atomic E-state index is 0.186. The van der Waals surface area contributed by atoms with Gasteiger partial charge in [-0.1, -0.05) is 11.6 Å². The number of hydrogen-bond acceptors (Lipinski definition) is 6. The van der Waals surface area contributed by atoms with Crippen molar-refractivity contribution in [2.45, 2.75) is 0 Å². The Morgan fingerprint density at radius 1 is 1.29 bits per heavy atom. The van der Waals surface area contributed by atoms with E-state index in [-0.39, 0.29) is 5.49 Å². The average Bonchev–Trinajstić information content (AvgIpc) is 2.48. The van der Waals surface area contributed by atoms with Gasteiger partial charge in [0.05, 0.1) is 16.9 Å². The van der Waals surface area contributed by atoms with Gasteiger partial charge in [0, 0.05) is 32.4 Å². The standard InChI is InChI=1S/C13H16ClN7/c1-19-2-4-20(5-3-19)13-11(16)21(8-15)10-6-9(14)7-17-12(10)18-13/h6-8,15-16H,2-5H2,1H3. The molecule has 0 unspecified atom stereocenters. The summed E-state index contributed by atoms with van der Waals surface area (Å²) in [6, 6.07) is 1.67. The summed E-state index contributed by atoms with van der Waals surface area (Å²) in [5, 5.41) is 16.3. The van der Waals surface area contributed by atoms with Crippen molar-refractivity contribution in [3.8, 4) is 0 Å². The molecule has 2 aromatic rings. The lowest BCUT2D eigenvalue weighted by molar-refractivity contribution is 0.311. The SMILES string of the molecule is CN1CCN(c2nc3ncc(Cl)cc3n(C=N)c2=N)CC1. The fraction of sp³-hybridized carbons (Fsp3) is 0.385. The Balaban J connectivity index is 2.16. The molecule has 21 heavy (non-hydrogen) atoms. The highest BCUT2D eigenvalue weighted by Crippen LogP contribution is 2.16. The summed E-state index contributed by atoms with van der Waals surface area (Å²) >= 11 is 5.95. The van der Waals surface area contributed by atoms with Gasteiger partial charge in [0.25, 0.3) is 0 Å². The van der Waals surface area contributed by atoms with E-state index in [4.69, 9.17) is 22.4 Å².